The molecule has 0 aliphatic heterocycles. The van der Waals surface area contributed by atoms with Gasteiger partial charge in [-0.05, 0) is 48.1 Å². The second kappa shape index (κ2) is 6.25. The monoisotopic (exact) mass is 240 g/mol. The van der Waals surface area contributed by atoms with Crippen molar-refractivity contribution in [3.63, 3.8) is 0 Å². The maximum atomic E-state index is 9.60. The molecule has 2 aromatic rings. The maximum Gasteiger partial charge on any atom is 0.115 e. The summed E-state index contributed by atoms with van der Waals surface area (Å²) in [5.41, 5.74) is 3.93. The van der Waals surface area contributed by atoms with E-state index in [2.05, 4.69) is 31.2 Å². The summed E-state index contributed by atoms with van der Waals surface area (Å²) in [6.07, 6.45) is 4.35. The third kappa shape index (κ3) is 3.36. The van der Waals surface area contributed by atoms with E-state index in [0.29, 0.717) is 5.75 Å². The summed E-state index contributed by atoms with van der Waals surface area (Å²) < 4.78 is 0. The smallest absolute Gasteiger partial charge is 0.115 e. The maximum absolute atomic E-state index is 9.60. The highest BCUT2D eigenvalue weighted by molar-refractivity contribution is 5.38. The van der Waals surface area contributed by atoms with Crippen LogP contribution in [0.25, 0.3) is 0 Å². The Kier molecular flexibility index (Phi) is 4.40. The lowest BCUT2D eigenvalue weighted by Crippen LogP contribution is -1.96. The van der Waals surface area contributed by atoms with Gasteiger partial charge in [0.25, 0.3) is 0 Å². The zero-order valence-corrected chi connectivity index (χ0v) is 10.9. The Morgan fingerprint density at radius 1 is 0.944 bits per heavy atom. The summed E-state index contributed by atoms with van der Waals surface area (Å²) >= 11 is 0. The average Bonchev–Trinajstić information content (AvgIpc) is 2.40. The Morgan fingerprint density at radius 2 is 1.72 bits per heavy atom. The van der Waals surface area contributed by atoms with Crippen LogP contribution in [0.1, 0.15) is 36.5 Å². The van der Waals surface area contributed by atoms with E-state index in [-0.39, 0.29) is 0 Å². The van der Waals surface area contributed by atoms with E-state index in [9.17, 15) is 5.11 Å². The molecule has 0 atom stereocenters. The fourth-order valence-electron chi connectivity index (χ4n) is 2.20. The van der Waals surface area contributed by atoms with E-state index in [1.54, 1.807) is 6.07 Å². The van der Waals surface area contributed by atoms with Crippen molar-refractivity contribution >= 4 is 0 Å². The molecule has 0 saturated carbocycles. The van der Waals surface area contributed by atoms with Crippen LogP contribution in [0.4, 0.5) is 0 Å². The van der Waals surface area contributed by atoms with Crippen molar-refractivity contribution in [3.8, 4) is 5.75 Å². The molecule has 0 saturated heterocycles. The number of hydrogen-bond donors (Lipinski definition) is 1. The molecular weight excluding hydrogens is 220 g/mol. The fraction of sp³-hybridized carbons (Fsp3) is 0.294. The Morgan fingerprint density at radius 3 is 2.44 bits per heavy atom. The molecule has 18 heavy (non-hydrogen) atoms. The van der Waals surface area contributed by atoms with Crippen molar-refractivity contribution in [1.29, 1.82) is 0 Å². The minimum Gasteiger partial charge on any atom is -0.508 e. The summed E-state index contributed by atoms with van der Waals surface area (Å²) in [7, 11) is 0. The molecule has 0 fully saturated rings. The summed E-state index contributed by atoms with van der Waals surface area (Å²) in [6, 6.07) is 16.2. The number of aryl methyl sites for hydroxylation is 1. The molecule has 0 bridgehead atoms. The normalized spacial score (nSPS) is 10.5. The molecule has 0 amide bonds. The van der Waals surface area contributed by atoms with Gasteiger partial charge in [0.2, 0.25) is 0 Å². The lowest BCUT2D eigenvalue weighted by Gasteiger charge is -2.10. The molecule has 94 valence electrons. The van der Waals surface area contributed by atoms with Gasteiger partial charge in [0.15, 0.2) is 0 Å². The Balaban J connectivity index is 2.21. The van der Waals surface area contributed by atoms with Crippen LogP contribution >= 0.6 is 0 Å². The molecule has 0 aromatic heterocycles. The third-order valence-corrected chi connectivity index (χ3v) is 3.23. The number of benzene rings is 2. The lowest BCUT2D eigenvalue weighted by atomic mass is 9.96. The zero-order chi connectivity index (χ0) is 12.8. The molecule has 2 rings (SSSR count). The summed E-state index contributed by atoms with van der Waals surface area (Å²) in [6.45, 7) is 2.19. The van der Waals surface area contributed by atoms with Crippen LogP contribution in [0.2, 0.25) is 0 Å². The number of unbranched alkanes of at least 4 members (excludes halogenated alkanes) is 1. The summed E-state index contributed by atoms with van der Waals surface area (Å²) in [5.74, 6) is 0.373. The van der Waals surface area contributed by atoms with Crippen molar-refractivity contribution in [2.45, 2.75) is 32.6 Å². The van der Waals surface area contributed by atoms with Crippen LogP contribution in [0.5, 0.6) is 5.75 Å². The Bertz CT molecular complexity index is 488. The highest BCUT2D eigenvalue weighted by Crippen LogP contribution is 2.21. The zero-order valence-electron chi connectivity index (χ0n) is 10.9. The van der Waals surface area contributed by atoms with Gasteiger partial charge in [-0.1, -0.05) is 49.7 Å². The number of phenols is 1. The van der Waals surface area contributed by atoms with Crippen LogP contribution in [0.15, 0.2) is 48.5 Å². The van der Waals surface area contributed by atoms with Crippen LogP contribution in [-0.2, 0) is 12.8 Å². The van der Waals surface area contributed by atoms with E-state index in [1.807, 2.05) is 18.2 Å². The van der Waals surface area contributed by atoms with Crippen molar-refractivity contribution in [2.75, 3.05) is 0 Å². The van der Waals surface area contributed by atoms with Crippen molar-refractivity contribution < 1.29 is 5.11 Å². The van der Waals surface area contributed by atoms with Gasteiger partial charge in [0.1, 0.15) is 5.75 Å². The standard InChI is InChI=1S/C17H20O/c1-2-3-9-15-13-17(18)11-10-16(15)12-14-7-5-4-6-8-14/h4-8,10-11,13,18H,2-3,9,12H2,1H3. The van der Waals surface area contributed by atoms with Gasteiger partial charge < -0.3 is 5.11 Å². The first kappa shape index (κ1) is 12.7. The quantitative estimate of drug-likeness (QED) is 0.825. The highest BCUT2D eigenvalue weighted by atomic mass is 16.3. The topological polar surface area (TPSA) is 20.2 Å². The minimum atomic E-state index is 0.373. The largest absolute Gasteiger partial charge is 0.508 e. The van der Waals surface area contributed by atoms with E-state index in [4.69, 9.17) is 0 Å². The molecule has 1 heteroatoms. The average molecular weight is 240 g/mol. The van der Waals surface area contributed by atoms with Gasteiger partial charge in [0.05, 0.1) is 0 Å². The van der Waals surface area contributed by atoms with Gasteiger partial charge in [0, 0.05) is 0 Å². The van der Waals surface area contributed by atoms with Crippen LogP contribution in [-0.4, -0.2) is 5.11 Å². The molecule has 0 unspecified atom stereocenters. The summed E-state index contributed by atoms with van der Waals surface area (Å²) in [5, 5.41) is 9.60. The van der Waals surface area contributed by atoms with Gasteiger partial charge >= 0.3 is 0 Å². The van der Waals surface area contributed by atoms with E-state index < -0.39 is 0 Å². The van der Waals surface area contributed by atoms with Crippen molar-refractivity contribution in [1.82, 2.24) is 0 Å². The first-order valence-corrected chi connectivity index (χ1v) is 6.64. The van der Waals surface area contributed by atoms with Crippen molar-refractivity contribution in [2.24, 2.45) is 0 Å². The predicted molar refractivity (Wildman–Crippen MR) is 76.0 cm³/mol. The molecule has 1 N–H and O–H groups in total. The lowest BCUT2D eigenvalue weighted by molar-refractivity contribution is 0.474. The van der Waals surface area contributed by atoms with E-state index >= 15 is 0 Å². The number of hydrogen-bond acceptors (Lipinski definition) is 1. The molecule has 0 radical (unpaired) electrons. The fourth-order valence-corrected chi connectivity index (χ4v) is 2.20. The van der Waals surface area contributed by atoms with E-state index in [0.717, 1.165) is 12.8 Å². The Hall–Kier alpha value is -1.76. The molecule has 2 aromatic carbocycles. The summed E-state index contributed by atoms with van der Waals surface area (Å²) in [4.78, 5) is 0. The molecule has 0 aliphatic rings. The highest BCUT2D eigenvalue weighted by Gasteiger charge is 2.04. The number of phenolic OH excluding ortho intramolecular Hbond substituents is 1. The van der Waals surface area contributed by atoms with Gasteiger partial charge in [-0.3, -0.25) is 0 Å². The molecule has 1 nitrogen and oxygen atoms in total. The molecule has 0 spiro atoms. The Labute approximate surface area is 109 Å². The first-order chi connectivity index (χ1) is 8.79. The molecule has 0 aliphatic carbocycles. The first-order valence-electron chi connectivity index (χ1n) is 6.64. The number of aromatic hydroxyl groups is 1. The van der Waals surface area contributed by atoms with Crippen LogP contribution in [0.3, 0.4) is 0 Å². The van der Waals surface area contributed by atoms with Gasteiger partial charge in [-0.25, -0.2) is 0 Å². The SMILES string of the molecule is CCCCc1cc(O)ccc1Cc1ccccc1. The van der Waals surface area contributed by atoms with Crippen LogP contribution in [0, 0.1) is 0 Å². The molecular formula is C17H20O. The number of rotatable bonds is 5. The van der Waals surface area contributed by atoms with Gasteiger partial charge in [-0.15, -0.1) is 0 Å². The molecule has 0 heterocycles. The van der Waals surface area contributed by atoms with Gasteiger partial charge in [-0.2, -0.15) is 0 Å². The predicted octanol–water partition coefficient (Wildman–Crippen LogP) is 4.33. The second-order valence-corrected chi connectivity index (χ2v) is 4.72. The third-order valence-electron chi connectivity index (χ3n) is 3.23. The van der Waals surface area contributed by atoms with E-state index in [1.165, 1.54) is 29.5 Å². The second-order valence-electron chi connectivity index (χ2n) is 4.72. The minimum absolute atomic E-state index is 0.373. The van der Waals surface area contributed by atoms with Crippen molar-refractivity contribution in [3.05, 3.63) is 65.2 Å². The van der Waals surface area contributed by atoms with Crippen LogP contribution < -0.4 is 0 Å².